The second-order valence-electron chi connectivity index (χ2n) is 4.81. The molecule has 1 fully saturated rings. The molecule has 1 N–H and O–H groups in total. The van der Waals surface area contributed by atoms with Crippen molar-refractivity contribution in [3.8, 4) is 0 Å². The molecular formula is C15H17N. The zero-order valence-corrected chi connectivity index (χ0v) is 9.61. The van der Waals surface area contributed by atoms with Crippen molar-refractivity contribution in [2.24, 2.45) is 0 Å². The summed E-state index contributed by atoms with van der Waals surface area (Å²) in [5, 5.41) is 6.32. The van der Waals surface area contributed by atoms with Crippen LogP contribution in [0, 0.1) is 0 Å². The van der Waals surface area contributed by atoms with Crippen LogP contribution in [0.3, 0.4) is 0 Å². The van der Waals surface area contributed by atoms with Crippen molar-refractivity contribution in [1.82, 2.24) is 5.32 Å². The Morgan fingerprint density at radius 1 is 1.06 bits per heavy atom. The normalized spacial score (nSPS) is 25.1. The Labute approximate surface area is 96.5 Å². The Morgan fingerprint density at radius 2 is 1.88 bits per heavy atom. The predicted octanol–water partition coefficient (Wildman–Crippen LogP) is 3.31. The summed E-state index contributed by atoms with van der Waals surface area (Å²) < 4.78 is 0. The Morgan fingerprint density at radius 3 is 2.69 bits per heavy atom. The van der Waals surface area contributed by atoms with Crippen molar-refractivity contribution < 1.29 is 0 Å². The van der Waals surface area contributed by atoms with Crippen molar-refractivity contribution in [2.45, 2.75) is 25.3 Å². The molecule has 2 aromatic carbocycles. The van der Waals surface area contributed by atoms with Crippen LogP contribution in [0.25, 0.3) is 10.8 Å². The lowest BCUT2D eigenvalue weighted by Crippen LogP contribution is -2.16. The van der Waals surface area contributed by atoms with Gasteiger partial charge in [-0.15, -0.1) is 0 Å². The smallest absolute Gasteiger partial charge is 0.00452 e. The SMILES string of the molecule is CC1CC(c2cccc3ccccc23)CN1. The zero-order valence-electron chi connectivity index (χ0n) is 9.61. The molecule has 0 bridgehead atoms. The van der Waals surface area contributed by atoms with Gasteiger partial charge in [0.15, 0.2) is 0 Å². The van der Waals surface area contributed by atoms with Gasteiger partial charge in [-0.05, 0) is 35.6 Å². The molecule has 1 heterocycles. The van der Waals surface area contributed by atoms with Crippen LogP contribution in [0.4, 0.5) is 0 Å². The molecule has 0 amide bonds. The molecule has 0 aromatic heterocycles. The molecule has 3 rings (SSSR count). The first-order valence-corrected chi connectivity index (χ1v) is 6.05. The molecule has 1 nitrogen and oxygen atoms in total. The van der Waals surface area contributed by atoms with E-state index in [2.05, 4.69) is 54.7 Å². The van der Waals surface area contributed by atoms with Crippen LogP contribution in [0.5, 0.6) is 0 Å². The number of nitrogens with one attached hydrogen (secondary N) is 1. The number of hydrogen-bond donors (Lipinski definition) is 1. The highest BCUT2D eigenvalue weighted by Crippen LogP contribution is 2.31. The first kappa shape index (κ1) is 9.86. The van der Waals surface area contributed by atoms with E-state index in [0.29, 0.717) is 12.0 Å². The first-order valence-electron chi connectivity index (χ1n) is 6.05. The van der Waals surface area contributed by atoms with Gasteiger partial charge in [0.1, 0.15) is 0 Å². The Hall–Kier alpha value is -1.34. The van der Waals surface area contributed by atoms with Crippen LogP contribution >= 0.6 is 0 Å². The molecule has 1 aliphatic rings. The Bertz CT molecular complexity index is 498. The van der Waals surface area contributed by atoms with E-state index < -0.39 is 0 Å². The molecule has 0 radical (unpaired) electrons. The van der Waals surface area contributed by atoms with E-state index in [1.165, 1.54) is 22.8 Å². The average Bonchev–Trinajstić information content (AvgIpc) is 2.75. The molecule has 2 unspecified atom stereocenters. The Kier molecular flexibility index (Phi) is 2.41. The molecule has 2 atom stereocenters. The summed E-state index contributed by atoms with van der Waals surface area (Å²) in [7, 11) is 0. The Balaban J connectivity index is 2.09. The lowest BCUT2D eigenvalue weighted by atomic mass is 9.92. The van der Waals surface area contributed by atoms with Gasteiger partial charge in [-0.2, -0.15) is 0 Å². The topological polar surface area (TPSA) is 12.0 Å². The van der Waals surface area contributed by atoms with Gasteiger partial charge in [0.05, 0.1) is 0 Å². The van der Waals surface area contributed by atoms with Gasteiger partial charge in [-0.25, -0.2) is 0 Å². The van der Waals surface area contributed by atoms with Gasteiger partial charge in [0.2, 0.25) is 0 Å². The maximum Gasteiger partial charge on any atom is 0.00452 e. The molecule has 0 saturated carbocycles. The summed E-state index contributed by atoms with van der Waals surface area (Å²) >= 11 is 0. The fraction of sp³-hybridized carbons (Fsp3) is 0.333. The third kappa shape index (κ3) is 1.61. The fourth-order valence-electron chi connectivity index (χ4n) is 2.78. The van der Waals surface area contributed by atoms with E-state index >= 15 is 0 Å². The van der Waals surface area contributed by atoms with Crippen LogP contribution < -0.4 is 5.32 Å². The van der Waals surface area contributed by atoms with Crippen LogP contribution in [-0.2, 0) is 0 Å². The molecule has 1 aliphatic heterocycles. The zero-order chi connectivity index (χ0) is 11.0. The summed E-state index contributed by atoms with van der Waals surface area (Å²) in [6.45, 7) is 3.39. The standard InChI is InChI=1S/C15H17N/c1-11-9-13(10-16-11)15-8-4-6-12-5-2-3-7-14(12)15/h2-8,11,13,16H,9-10H2,1H3. The molecule has 0 spiro atoms. The lowest BCUT2D eigenvalue weighted by Gasteiger charge is -2.12. The minimum absolute atomic E-state index is 0.656. The van der Waals surface area contributed by atoms with Gasteiger partial charge in [-0.3, -0.25) is 0 Å². The highest BCUT2D eigenvalue weighted by atomic mass is 14.9. The maximum atomic E-state index is 3.53. The van der Waals surface area contributed by atoms with Gasteiger partial charge in [-0.1, -0.05) is 42.5 Å². The lowest BCUT2D eigenvalue weighted by molar-refractivity contribution is 0.659. The van der Waals surface area contributed by atoms with Gasteiger partial charge in [0.25, 0.3) is 0 Å². The van der Waals surface area contributed by atoms with Crippen molar-refractivity contribution in [2.75, 3.05) is 6.54 Å². The summed E-state index contributed by atoms with van der Waals surface area (Å²) in [4.78, 5) is 0. The third-order valence-corrected chi connectivity index (χ3v) is 3.61. The van der Waals surface area contributed by atoms with Crippen LogP contribution in [0.15, 0.2) is 42.5 Å². The van der Waals surface area contributed by atoms with Crippen LogP contribution in [-0.4, -0.2) is 12.6 Å². The minimum Gasteiger partial charge on any atom is -0.314 e. The molecule has 82 valence electrons. The van der Waals surface area contributed by atoms with E-state index in [9.17, 15) is 0 Å². The summed E-state index contributed by atoms with van der Waals surface area (Å²) in [5.74, 6) is 0.682. The van der Waals surface area contributed by atoms with E-state index in [4.69, 9.17) is 0 Å². The van der Waals surface area contributed by atoms with E-state index in [1.54, 1.807) is 0 Å². The second kappa shape index (κ2) is 3.91. The molecule has 0 aliphatic carbocycles. The third-order valence-electron chi connectivity index (χ3n) is 3.61. The van der Waals surface area contributed by atoms with E-state index in [1.807, 2.05) is 0 Å². The van der Waals surface area contributed by atoms with E-state index in [-0.39, 0.29) is 0 Å². The minimum atomic E-state index is 0.656. The van der Waals surface area contributed by atoms with Crippen molar-refractivity contribution in [3.63, 3.8) is 0 Å². The van der Waals surface area contributed by atoms with Crippen molar-refractivity contribution in [3.05, 3.63) is 48.0 Å². The van der Waals surface area contributed by atoms with Crippen molar-refractivity contribution >= 4 is 10.8 Å². The fourth-order valence-corrected chi connectivity index (χ4v) is 2.78. The van der Waals surface area contributed by atoms with E-state index in [0.717, 1.165) is 6.54 Å². The van der Waals surface area contributed by atoms with Gasteiger partial charge < -0.3 is 5.32 Å². The average molecular weight is 211 g/mol. The molecule has 16 heavy (non-hydrogen) atoms. The monoisotopic (exact) mass is 211 g/mol. The summed E-state index contributed by atoms with van der Waals surface area (Å²) in [6.07, 6.45) is 1.26. The van der Waals surface area contributed by atoms with Gasteiger partial charge in [0, 0.05) is 12.6 Å². The highest BCUT2D eigenvalue weighted by molar-refractivity contribution is 5.86. The number of fused-ring (bicyclic) bond motifs is 1. The molecule has 2 aromatic rings. The van der Waals surface area contributed by atoms with Crippen LogP contribution in [0.1, 0.15) is 24.8 Å². The summed E-state index contributed by atoms with van der Waals surface area (Å²) in [6, 6.07) is 16.0. The summed E-state index contributed by atoms with van der Waals surface area (Å²) in [5.41, 5.74) is 1.51. The van der Waals surface area contributed by atoms with Crippen LogP contribution in [0.2, 0.25) is 0 Å². The maximum absolute atomic E-state index is 3.53. The molecule has 1 heteroatoms. The largest absolute Gasteiger partial charge is 0.314 e. The predicted molar refractivity (Wildman–Crippen MR) is 68.8 cm³/mol. The van der Waals surface area contributed by atoms with Gasteiger partial charge >= 0.3 is 0 Å². The number of hydrogen-bond acceptors (Lipinski definition) is 1. The number of benzene rings is 2. The molecule has 1 saturated heterocycles. The number of rotatable bonds is 1. The van der Waals surface area contributed by atoms with Crippen molar-refractivity contribution in [1.29, 1.82) is 0 Å². The first-order chi connectivity index (χ1) is 7.84. The highest BCUT2D eigenvalue weighted by Gasteiger charge is 2.23. The quantitative estimate of drug-likeness (QED) is 0.763. The molecular weight excluding hydrogens is 194 g/mol. The second-order valence-corrected chi connectivity index (χ2v) is 4.81.